The average molecular weight is 483 g/mol. The molecule has 0 unspecified atom stereocenters. The number of amides is 4. The van der Waals surface area contributed by atoms with E-state index >= 15 is 0 Å². The van der Waals surface area contributed by atoms with Crippen LogP contribution in [0.3, 0.4) is 0 Å². The highest BCUT2D eigenvalue weighted by Gasteiger charge is 2.55. The molecular weight excluding hydrogens is 452 g/mol. The summed E-state index contributed by atoms with van der Waals surface area (Å²) in [5, 5.41) is 4.77. The third kappa shape index (κ3) is 4.61. The van der Waals surface area contributed by atoms with Gasteiger partial charge in [0.2, 0.25) is 0 Å². The van der Waals surface area contributed by atoms with Crippen LogP contribution in [0.15, 0.2) is 35.8 Å². The van der Waals surface area contributed by atoms with Crippen LogP contribution < -0.4 is 5.32 Å². The summed E-state index contributed by atoms with van der Waals surface area (Å²) < 4.78 is 0. The summed E-state index contributed by atoms with van der Waals surface area (Å²) in [6, 6.07) is 6.92. The molecule has 2 aliphatic rings. The third-order valence-corrected chi connectivity index (χ3v) is 7.87. The molecule has 0 aromatic carbocycles. The molecule has 4 amide bonds. The quantitative estimate of drug-likeness (QED) is 0.458. The van der Waals surface area contributed by atoms with E-state index < -0.39 is 5.54 Å². The van der Waals surface area contributed by atoms with Crippen molar-refractivity contribution in [1.29, 1.82) is 0 Å². The fourth-order valence-corrected chi connectivity index (χ4v) is 5.84. The van der Waals surface area contributed by atoms with Gasteiger partial charge in [-0.05, 0) is 50.3 Å². The highest BCUT2D eigenvalue weighted by atomic mass is 32.1. The van der Waals surface area contributed by atoms with Gasteiger partial charge in [-0.1, -0.05) is 19.4 Å². The zero-order valence-corrected chi connectivity index (χ0v) is 20.4. The Bertz CT molecular complexity index is 1080. The lowest BCUT2D eigenvalue weighted by Crippen LogP contribution is -2.56. The number of pyridine rings is 1. The minimum atomic E-state index is -0.921. The Balaban J connectivity index is 1.43. The molecule has 2 aromatic heterocycles. The van der Waals surface area contributed by atoms with Gasteiger partial charge < -0.3 is 10.2 Å². The molecule has 2 aliphatic heterocycles. The maximum absolute atomic E-state index is 13.6. The van der Waals surface area contributed by atoms with Gasteiger partial charge in [0.1, 0.15) is 5.54 Å². The van der Waals surface area contributed by atoms with Crippen LogP contribution in [0.4, 0.5) is 4.79 Å². The monoisotopic (exact) mass is 482 g/mol. The van der Waals surface area contributed by atoms with Gasteiger partial charge in [-0.2, -0.15) is 0 Å². The molecule has 0 bridgehead atoms. The van der Waals surface area contributed by atoms with Crippen LogP contribution in [-0.2, 0) is 11.2 Å². The van der Waals surface area contributed by atoms with Crippen molar-refractivity contribution >= 4 is 35.0 Å². The Morgan fingerprint density at radius 3 is 2.62 bits per heavy atom. The smallest absolute Gasteiger partial charge is 0.325 e. The number of hydrogen-bond donors (Lipinski definition) is 1. The summed E-state index contributed by atoms with van der Waals surface area (Å²) in [6.45, 7) is 4.82. The van der Waals surface area contributed by atoms with Crippen molar-refractivity contribution in [3.8, 4) is 0 Å². The van der Waals surface area contributed by atoms with E-state index in [0.717, 1.165) is 12.1 Å². The number of aromatic nitrogens is 1. The van der Waals surface area contributed by atoms with E-state index in [0.29, 0.717) is 55.8 Å². The summed E-state index contributed by atoms with van der Waals surface area (Å²) in [5.74, 6) is -0.343. The van der Waals surface area contributed by atoms with Gasteiger partial charge in [0.05, 0.1) is 10.4 Å². The minimum absolute atomic E-state index is 0.0388. The van der Waals surface area contributed by atoms with Gasteiger partial charge in [-0.15, -0.1) is 11.3 Å². The molecule has 0 aliphatic carbocycles. The van der Waals surface area contributed by atoms with Crippen LogP contribution in [0.25, 0.3) is 0 Å². The average Bonchev–Trinajstić information content (AvgIpc) is 3.43. The molecule has 2 saturated heterocycles. The van der Waals surface area contributed by atoms with E-state index in [2.05, 4.69) is 10.3 Å². The number of carbonyl (C=O) groups excluding carboxylic acids is 4. The molecule has 9 heteroatoms. The van der Waals surface area contributed by atoms with Crippen molar-refractivity contribution in [2.75, 3.05) is 19.6 Å². The normalized spacial score (nSPS) is 21.1. The van der Waals surface area contributed by atoms with Crippen molar-refractivity contribution < 1.29 is 19.2 Å². The van der Waals surface area contributed by atoms with E-state index in [1.165, 1.54) is 23.2 Å². The summed E-state index contributed by atoms with van der Waals surface area (Å²) in [5.41, 5.74) is 0.446. The number of hydrogen-bond acceptors (Lipinski definition) is 6. The predicted octanol–water partition coefficient (Wildman–Crippen LogP) is 3.53. The fourth-order valence-electron chi connectivity index (χ4n) is 5.06. The molecule has 2 aromatic rings. The molecule has 2 fully saturated rings. The number of carbonyl (C=O) groups is 4. The van der Waals surface area contributed by atoms with Gasteiger partial charge >= 0.3 is 6.03 Å². The van der Waals surface area contributed by atoms with Crippen LogP contribution in [0, 0.1) is 5.92 Å². The first-order valence-corrected chi connectivity index (χ1v) is 12.7. The number of urea groups is 1. The number of likely N-dealkylation sites (tertiary alicyclic amines) is 1. The Morgan fingerprint density at radius 1 is 1.24 bits per heavy atom. The zero-order chi connectivity index (χ0) is 24.3. The second-order valence-electron chi connectivity index (χ2n) is 9.00. The Morgan fingerprint density at radius 2 is 2.00 bits per heavy atom. The third-order valence-electron chi connectivity index (χ3n) is 6.84. The number of nitrogens with one attached hydrogen (secondary N) is 1. The lowest BCUT2D eigenvalue weighted by atomic mass is 9.74. The summed E-state index contributed by atoms with van der Waals surface area (Å²) >= 11 is 1.28. The van der Waals surface area contributed by atoms with Crippen LogP contribution in [0.1, 0.15) is 65.3 Å². The fraction of sp³-hybridized carbons (Fsp3) is 0.480. The number of Topliss-reactive ketones (excluding diaryl/α,β-unsaturated/α-hetero) is 1. The number of ketones is 1. The van der Waals surface area contributed by atoms with Crippen LogP contribution in [-0.4, -0.2) is 63.6 Å². The van der Waals surface area contributed by atoms with E-state index in [9.17, 15) is 19.2 Å². The molecular formula is C25H30N4O4S. The second-order valence-corrected chi connectivity index (χ2v) is 9.91. The molecule has 34 heavy (non-hydrogen) atoms. The maximum atomic E-state index is 13.6. The van der Waals surface area contributed by atoms with Crippen LogP contribution in [0.2, 0.25) is 0 Å². The molecule has 0 radical (unpaired) electrons. The van der Waals surface area contributed by atoms with Gasteiger partial charge in [0.15, 0.2) is 5.78 Å². The number of rotatable bonds is 8. The molecule has 0 spiro atoms. The standard InChI is InChI=1S/C25H30N4O4S/c1-3-10-25(23(32)29(24(33)27-25)14-9-20-6-4-5-11-26-20)19-7-12-28(13-8-19)22(31)18-15-21(17(2)30)34-16-18/h4-6,11,15-16,19H,3,7-10,12-14H2,1-2H3,(H,27,33)/t25-/m1/s1. The maximum Gasteiger partial charge on any atom is 0.325 e. The number of piperidine rings is 1. The molecule has 0 saturated carbocycles. The highest BCUT2D eigenvalue weighted by Crippen LogP contribution is 2.37. The van der Waals surface area contributed by atoms with Gasteiger partial charge in [-0.3, -0.25) is 24.3 Å². The van der Waals surface area contributed by atoms with E-state index in [-0.39, 0.29) is 29.5 Å². The van der Waals surface area contributed by atoms with Crippen molar-refractivity contribution in [3.63, 3.8) is 0 Å². The molecule has 1 atom stereocenters. The highest BCUT2D eigenvalue weighted by molar-refractivity contribution is 7.12. The zero-order valence-electron chi connectivity index (χ0n) is 19.6. The Kier molecular flexibility index (Phi) is 7.11. The largest absolute Gasteiger partial charge is 0.339 e. The van der Waals surface area contributed by atoms with Gasteiger partial charge in [0, 0.05) is 43.3 Å². The lowest BCUT2D eigenvalue weighted by molar-refractivity contribution is -0.134. The van der Waals surface area contributed by atoms with Crippen molar-refractivity contribution in [2.45, 2.75) is 51.5 Å². The van der Waals surface area contributed by atoms with Crippen LogP contribution >= 0.6 is 11.3 Å². The number of nitrogens with zero attached hydrogens (tertiary/aromatic N) is 3. The van der Waals surface area contributed by atoms with E-state index in [1.54, 1.807) is 22.5 Å². The van der Waals surface area contributed by atoms with Crippen molar-refractivity contribution in [2.24, 2.45) is 5.92 Å². The Hall–Kier alpha value is -3.07. The summed E-state index contributed by atoms with van der Waals surface area (Å²) in [7, 11) is 0. The number of thiophene rings is 1. The predicted molar refractivity (Wildman–Crippen MR) is 129 cm³/mol. The summed E-state index contributed by atoms with van der Waals surface area (Å²) in [4.78, 5) is 58.9. The second kappa shape index (κ2) is 10.0. The first-order valence-electron chi connectivity index (χ1n) is 11.8. The minimum Gasteiger partial charge on any atom is -0.339 e. The molecule has 4 rings (SSSR count). The van der Waals surface area contributed by atoms with E-state index in [4.69, 9.17) is 0 Å². The first kappa shape index (κ1) is 24.1. The van der Waals surface area contributed by atoms with Gasteiger partial charge in [0.25, 0.3) is 11.8 Å². The summed E-state index contributed by atoms with van der Waals surface area (Å²) in [6.07, 6.45) is 4.82. The first-order chi connectivity index (χ1) is 16.4. The van der Waals surface area contributed by atoms with Gasteiger partial charge in [-0.25, -0.2) is 4.79 Å². The van der Waals surface area contributed by atoms with E-state index in [1.807, 2.05) is 25.1 Å². The van der Waals surface area contributed by atoms with Crippen molar-refractivity contribution in [1.82, 2.24) is 20.1 Å². The molecule has 8 nitrogen and oxygen atoms in total. The van der Waals surface area contributed by atoms with Crippen LogP contribution in [0.5, 0.6) is 0 Å². The Labute approximate surface area is 203 Å². The SMILES string of the molecule is CCC[C@]1(C2CCN(C(=O)c3csc(C(C)=O)c3)CC2)NC(=O)N(CCc2ccccn2)C1=O. The molecule has 180 valence electrons. The molecule has 4 heterocycles. The topological polar surface area (TPSA) is 99.7 Å². The molecule has 1 N–H and O–H groups in total. The van der Waals surface area contributed by atoms with Crippen molar-refractivity contribution in [3.05, 3.63) is 52.0 Å². The lowest BCUT2D eigenvalue weighted by Gasteiger charge is -2.40. The number of imide groups is 1.